The fourth-order valence-electron chi connectivity index (χ4n) is 3.97. The Morgan fingerprint density at radius 2 is 1.92 bits per heavy atom. The van der Waals surface area contributed by atoms with E-state index in [0.717, 1.165) is 34.6 Å². The van der Waals surface area contributed by atoms with E-state index in [1.54, 1.807) is 17.5 Å². The first-order valence-electron chi connectivity index (χ1n) is 9.12. The van der Waals surface area contributed by atoms with Crippen LogP contribution < -0.4 is 10.6 Å². The molecular formula is C20H28N4OS. The second kappa shape index (κ2) is 7.08. The molecule has 6 heteroatoms. The van der Waals surface area contributed by atoms with E-state index >= 15 is 0 Å². The lowest BCUT2D eigenvalue weighted by atomic mass is 9.80. The van der Waals surface area contributed by atoms with E-state index in [2.05, 4.69) is 43.3 Å². The molecule has 0 saturated carbocycles. The topological polar surface area (TPSA) is 66.9 Å². The van der Waals surface area contributed by atoms with Crippen molar-refractivity contribution in [2.75, 3.05) is 5.32 Å². The highest BCUT2D eigenvalue weighted by Gasteiger charge is 2.37. The summed E-state index contributed by atoms with van der Waals surface area (Å²) in [5.41, 5.74) is 1.04. The van der Waals surface area contributed by atoms with E-state index in [1.165, 1.54) is 0 Å². The zero-order valence-electron chi connectivity index (χ0n) is 16.2. The van der Waals surface area contributed by atoms with E-state index in [0.29, 0.717) is 12.0 Å². The van der Waals surface area contributed by atoms with Crippen molar-refractivity contribution in [1.82, 2.24) is 15.3 Å². The third-order valence-corrected chi connectivity index (χ3v) is 6.02. The molecule has 1 fully saturated rings. The number of piperidine rings is 1. The maximum atomic E-state index is 11.0. The lowest BCUT2D eigenvalue weighted by Crippen LogP contribution is -2.60. The fourth-order valence-corrected chi connectivity index (χ4v) is 4.96. The maximum absolute atomic E-state index is 11.0. The summed E-state index contributed by atoms with van der Waals surface area (Å²) in [6.07, 6.45) is 4.81. The molecule has 1 saturated heterocycles. The lowest BCUT2D eigenvalue weighted by molar-refractivity contribution is -0.108. The van der Waals surface area contributed by atoms with Crippen molar-refractivity contribution in [1.29, 1.82) is 0 Å². The van der Waals surface area contributed by atoms with E-state index < -0.39 is 0 Å². The maximum Gasteiger partial charge on any atom is 0.223 e. The van der Waals surface area contributed by atoms with E-state index in [-0.39, 0.29) is 17.0 Å². The average Bonchev–Trinajstić information content (AvgIpc) is 3.01. The van der Waals surface area contributed by atoms with E-state index in [9.17, 15) is 4.79 Å². The second-order valence-corrected chi connectivity index (χ2v) is 9.65. The van der Waals surface area contributed by atoms with Gasteiger partial charge >= 0.3 is 0 Å². The van der Waals surface area contributed by atoms with Crippen molar-refractivity contribution in [3.05, 3.63) is 29.3 Å². The van der Waals surface area contributed by atoms with Crippen molar-refractivity contribution in [2.24, 2.45) is 0 Å². The number of rotatable bonds is 5. The monoisotopic (exact) mass is 372 g/mol. The molecule has 1 atom stereocenters. The minimum atomic E-state index is -0.0765. The van der Waals surface area contributed by atoms with Crippen molar-refractivity contribution in [2.45, 2.75) is 70.5 Å². The number of nitrogens with one attached hydrogen (secondary N) is 2. The molecular weight excluding hydrogens is 344 g/mol. The number of thiophene rings is 1. The fraction of sp³-hybridized carbons (Fsp3) is 0.550. The molecule has 140 valence electrons. The van der Waals surface area contributed by atoms with Crippen LogP contribution in [0, 0.1) is 0 Å². The van der Waals surface area contributed by atoms with Gasteiger partial charge in [-0.1, -0.05) is 6.92 Å². The van der Waals surface area contributed by atoms with Gasteiger partial charge in [0.15, 0.2) is 0 Å². The minimum Gasteiger partial charge on any atom is -0.351 e. The van der Waals surface area contributed by atoms with Crippen LogP contribution in [0.5, 0.6) is 0 Å². The summed E-state index contributed by atoms with van der Waals surface area (Å²) in [6, 6.07) is 6.28. The first kappa shape index (κ1) is 19.0. The van der Waals surface area contributed by atoms with Gasteiger partial charge in [0.1, 0.15) is 6.29 Å². The summed E-state index contributed by atoms with van der Waals surface area (Å²) >= 11 is 1.61. The van der Waals surface area contributed by atoms with Crippen LogP contribution in [0.2, 0.25) is 0 Å². The van der Waals surface area contributed by atoms with E-state index in [4.69, 9.17) is 4.98 Å². The Kier molecular flexibility index (Phi) is 5.17. The number of nitrogens with zero attached hydrogens (tertiary/aromatic N) is 2. The van der Waals surface area contributed by atoms with Gasteiger partial charge in [0.25, 0.3) is 0 Å². The van der Waals surface area contributed by atoms with Gasteiger partial charge in [-0.05, 0) is 58.7 Å². The number of hydrogen-bond acceptors (Lipinski definition) is 6. The van der Waals surface area contributed by atoms with Gasteiger partial charge < -0.3 is 15.4 Å². The number of anilines is 1. The first-order chi connectivity index (χ1) is 12.2. The van der Waals surface area contributed by atoms with Crippen molar-refractivity contribution >= 4 is 23.6 Å². The molecule has 0 spiro atoms. The van der Waals surface area contributed by atoms with Gasteiger partial charge in [0.05, 0.1) is 10.6 Å². The summed E-state index contributed by atoms with van der Waals surface area (Å²) in [6.45, 7) is 10.9. The molecule has 0 bridgehead atoms. The van der Waals surface area contributed by atoms with Gasteiger partial charge in [-0.25, -0.2) is 9.97 Å². The molecule has 5 nitrogen and oxygen atoms in total. The Balaban J connectivity index is 1.77. The van der Waals surface area contributed by atoms with Gasteiger partial charge in [0.2, 0.25) is 5.95 Å². The predicted octanol–water partition coefficient (Wildman–Crippen LogP) is 4.23. The predicted molar refractivity (Wildman–Crippen MR) is 108 cm³/mol. The highest BCUT2D eigenvalue weighted by Crippen LogP contribution is 2.32. The molecule has 26 heavy (non-hydrogen) atoms. The number of aromatic nitrogens is 2. The molecule has 3 heterocycles. The molecule has 2 aromatic heterocycles. The Bertz CT molecular complexity index is 768. The summed E-state index contributed by atoms with van der Waals surface area (Å²) in [5.74, 6) is 0.590. The SMILES string of the molecule is CC(C=O)c1ccc(-c2ccnc(NC3CC(C)(C)NC(C)(C)C3)n2)s1. The zero-order valence-corrected chi connectivity index (χ0v) is 17.0. The van der Waals surface area contributed by atoms with Gasteiger partial charge in [-0.2, -0.15) is 0 Å². The van der Waals surface area contributed by atoms with Crippen molar-refractivity contribution in [3.63, 3.8) is 0 Å². The molecule has 0 aromatic carbocycles. The highest BCUT2D eigenvalue weighted by molar-refractivity contribution is 7.15. The highest BCUT2D eigenvalue weighted by atomic mass is 32.1. The third kappa shape index (κ3) is 4.48. The molecule has 0 aliphatic carbocycles. The number of carbonyl (C=O) groups is 1. The normalized spacial score (nSPS) is 20.5. The zero-order chi connectivity index (χ0) is 18.9. The van der Waals surface area contributed by atoms with Gasteiger partial charge in [-0.15, -0.1) is 11.3 Å². The van der Waals surface area contributed by atoms with Crippen LogP contribution in [0.1, 0.15) is 58.3 Å². The van der Waals surface area contributed by atoms with Crippen molar-refractivity contribution in [3.8, 4) is 10.6 Å². The van der Waals surface area contributed by atoms with Gasteiger partial charge in [0, 0.05) is 34.1 Å². The van der Waals surface area contributed by atoms with Gasteiger partial charge in [-0.3, -0.25) is 0 Å². The number of aldehydes is 1. The van der Waals surface area contributed by atoms with Crippen LogP contribution >= 0.6 is 11.3 Å². The van der Waals surface area contributed by atoms with Crippen LogP contribution in [0.3, 0.4) is 0 Å². The second-order valence-electron chi connectivity index (χ2n) is 8.53. The van der Waals surface area contributed by atoms with Crippen LogP contribution in [-0.4, -0.2) is 33.4 Å². The number of hydrogen-bond donors (Lipinski definition) is 2. The summed E-state index contributed by atoms with van der Waals surface area (Å²) in [7, 11) is 0. The third-order valence-electron chi connectivity index (χ3n) is 4.71. The summed E-state index contributed by atoms with van der Waals surface area (Å²) in [4.78, 5) is 22.2. The minimum absolute atomic E-state index is 0.0741. The molecule has 1 unspecified atom stereocenters. The Labute approximate surface area is 159 Å². The standard InChI is InChI=1S/C20H28N4OS/c1-13(12-25)16-6-7-17(26-16)15-8-9-21-18(23-15)22-14-10-19(2,3)24-20(4,5)11-14/h6-9,12-14,24H,10-11H2,1-5H3,(H,21,22,23). The van der Waals surface area contributed by atoms with Crippen molar-refractivity contribution < 1.29 is 4.79 Å². The molecule has 2 aromatic rings. The summed E-state index contributed by atoms with van der Waals surface area (Å²) in [5, 5.41) is 7.23. The van der Waals surface area contributed by atoms with Crippen LogP contribution in [0.25, 0.3) is 10.6 Å². The molecule has 2 N–H and O–H groups in total. The van der Waals surface area contributed by atoms with Crippen LogP contribution in [0.15, 0.2) is 24.4 Å². The Hall–Kier alpha value is -1.79. The lowest BCUT2D eigenvalue weighted by Gasteiger charge is -2.46. The van der Waals surface area contributed by atoms with Crippen LogP contribution in [0.4, 0.5) is 5.95 Å². The molecule has 1 aliphatic heterocycles. The largest absolute Gasteiger partial charge is 0.351 e. The Morgan fingerprint density at radius 1 is 1.23 bits per heavy atom. The smallest absolute Gasteiger partial charge is 0.223 e. The number of carbonyl (C=O) groups excluding carboxylic acids is 1. The van der Waals surface area contributed by atoms with Crippen LogP contribution in [-0.2, 0) is 4.79 Å². The quantitative estimate of drug-likeness (QED) is 0.769. The Morgan fingerprint density at radius 3 is 2.58 bits per heavy atom. The summed E-state index contributed by atoms with van der Waals surface area (Å²) < 4.78 is 0. The molecule has 0 radical (unpaired) electrons. The average molecular weight is 373 g/mol. The molecule has 3 rings (SSSR count). The van der Waals surface area contributed by atoms with E-state index in [1.807, 2.05) is 25.1 Å². The first-order valence-corrected chi connectivity index (χ1v) is 9.93. The molecule has 0 amide bonds. The molecule has 1 aliphatic rings.